The van der Waals surface area contributed by atoms with Gasteiger partial charge in [-0.05, 0) is 31.5 Å². The number of aryl methyl sites for hydroxylation is 1. The number of rotatable bonds is 7. The number of amides is 2. The molecule has 0 bridgehead atoms. The van der Waals surface area contributed by atoms with Gasteiger partial charge in [0.05, 0.1) is 22.8 Å². The van der Waals surface area contributed by atoms with E-state index in [1.807, 2.05) is 67.8 Å². The largest absolute Gasteiger partial charge is 0.350 e. The van der Waals surface area contributed by atoms with Crippen molar-refractivity contribution in [3.63, 3.8) is 0 Å². The van der Waals surface area contributed by atoms with Crippen LogP contribution in [0, 0.1) is 0 Å². The maximum absolute atomic E-state index is 12.7. The zero-order chi connectivity index (χ0) is 23.5. The standard InChI is InChI=1S/C24H25N5O3S/c1-4-28-20-7-5-6-8-21(20)29(24(28)32)13-22(31)27-23-26-19(14-33-23)18-11-9-17(10-12-18)15(2)25-16(3)30/h5-12,14-15H,4,13H2,1-3H3,(H,25,30)(H,26,27,31). The van der Waals surface area contributed by atoms with Crippen LogP contribution in [0.5, 0.6) is 0 Å². The molecule has 2 aromatic carbocycles. The van der Waals surface area contributed by atoms with Crippen molar-refractivity contribution >= 4 is 39.3 Å². The molecule has 0 aliphatic rings. The summed E-state index contributed by atoms with van der Waals surface area (Å²) in [5.74, 6) is -0.385. The quantitative estimate of drug-likeness (QED) is 0.436. The van der Waals surface area contributed by atoms with Crippen LogP contribution in [0.1, 0.15) is 32.4 Å². The van der Waals surface area contributed by atoms with E-state index in [9.17, 15) is 14.4 Å². The molecule has 8 nitrogen and oxygen atoms in total. The van der Waals surface area contributed by atoms with E-state index in [4.69, 9.17) is 0 Å². The molecule has 0 radical (unpaired) electrons. The Morgan fingerprint density at radius 2 is 1.73 bits per heavy atom. The molecule has 4 rings (SSSR count). The molecule has 2 heterocycles. The lowest BCUT2D eigenvalue weighted by Gasteiger charge is -2.13. The van der Waals surface area contributed by atoms with Gasteiger partial charge in [-0.1, -0.05) is 36.4 Å². The van der Waals surface area contributed by atoms with E-state index < -0.39 is 0 Å². The summed E-state index contributed by atoms with van der Waals surface area (Å²) in [7, 11) is 0. The average Bonchev–Trinajstić information content (AvgIpc) is 3.36. The molecule has 0 saturated heterocycles. The topological polar surface area (TPSA) is 98.0 Å². The van der Waals surface area contributed by atoms with E-state index >= 15 is 0 Å². The summed E-state index contributed by atoms with van der Waals surface area (Å²) < 4.78 is 3.14. The number of anilines is 1. The lowest BCUT2D eigenvalue weighted by molar-refractivity contribution is -0.119. The Morgan fingerprint density at radius 3 is 2.36 bits per heavy atom. The Kier molecular flexibility index (Phi) is 6.41. The van der Waals surface area contributed by atoms with E-state index in [1.165, 1.54) is 22.8 Å². The van der Waals surface area contributed by atoms with Crippen molar-refractivity contribution in [2.24, 2.45) is 0 Å². The number of nitrogens with zero attached hydrogens (tertiary/aromatic N) is 3. The van der Waals surface area contributed by atoms with Crippen LogP contribution in [0.4, 0.5) is 5.13 Å². The molecule has 4 aromatic rings. The minimum absolute atomic E-state index is 0.0759. The molecule has 1 unspecified atom stereocenters. The number of aromatic nitrogens is 3. The number of hydrogen-bond donors (Lipinski definition) is 2. The second-order valence-electron chi connectivity index (χ2n) is 7.73. The molecular formula is C24H25N5O3S. The van der Waals surface area contributed by atoms with Crippen molar-refractivity contribution in [3.8, 4) is 11.3 Å². The first-order chi connectivity index (χ1) is 15.9. The summed E-state index contributed by atoms with van der Waals surface area (Å²) in [6, 6.07) is 15.1. The molecule has 2 aromatic heterocycles. The summed E-state index contributed by atoms with van der Waals surface area (Å²) in [6.45, 7) is 5.77. The number of carbonyl (C=O) groups is 2. The van der Waals surface area contributed by atoms with Crippen molar-refractivity contribution < 1.29 is 9.59 Å². The molecule has 0 aliphatic carbocycles. The monoisotopic (exact) mass is 463 g/mol. The number of imidazole rings is 1. The summed E-state index contributed by atoms with van der Waals surface area (Å²) in [4.78, 5) is 41.2. The Bertz CT molecular complexity index is 1370. The molecule has 0 aliphatic heterocycles. The molecule has 2 amide bonds. The van der Waals surface area contributed by atoms with Gasteiger partial charge in [-0.15, -0.1) is 11.3 Å². The predicted octanol–water partition coefficient (Wildman–Crippen LogP) is 3.78. The van der Waals surface area contributed by atoms with Crippen LogP contribution < -0.4 is 16.3 Å². The van der Waals surface area contributed by atoms with Crippen LogP contribution in [0.2, 0.25) is 0 Å². The van der Waals surface area contributed by atoms with Crippen molar-refractivity contribution in [2.45, 2.75) is 39.9 Å². The van der Waals surface area contributed by atoms with Crippen molar-refractivity contribution in [1.82, 2.24) is 19.4 Å². The fourth-order valence-electron chi connectivity index (χ4n) is 3.83. The maximum Gasteiger partial charge on any atom is 0.329 e. The molecule has 0 saturated carbocycles. The molecular weight excluding hydrogens is 438 g/mol. The average molecular weight is 464 g/mol. The van der Waals surface area contributed by atoms with Crippen LogP contribution in [0.15, 0.2) is 58.7 Å². The highest BCUT2D eigenvalue weighted by molar-refractivity contribution is 7.14. The van der Waals surface area contributed by atoms with Gasteiger partial charge in [0.25, 0.3) is 0 Å². The summed E-state index contributed by atoms with van der Waals surface area (Å²) >= 11 is 1.33. The van der Waals surface area contributed by atoms with Crippen LogP contribution in [0.3, 0.4) is 0 Å². The van der Waals surface area contributed by atoms with Crippen LogP contribution in [-0.2, 0) is 22.7 Å². The van der Waals surface area contributed by atoms with E-state index in [0.29, 0.717) is 11.7 Å². The summed E-state index contributed by atoms with van der Waals surface area (Å²) in [5, 5.41) is 8.00. The Labute approximate surface area is 194 Å². The van der Waals surface area contributed by atoms with E-state index in [1.54, 1.807) is 4.57 Å². The van der Waals surface area contributed by atoms with Gasteiger partial charge in [0.15, 0.2) is 5.13 Å². The number of nitrogens with one attached hydrogen (secondary N) is 2. The third-order valence-electron chi connectivity index (χ3n) is 5.42. The number of thiazole rings is 1. The van der Waals surface area contributed by atoms with Gasteiger partial charge in [-0.25, -0.2) is 9.78 Å². The molecule has 9 heteroatoms. The highest BCUT2D eigenvalue weighted by Crippen LogP contribution is 2.26. The zero-order valence-corrected chi connectivity index (χ0v) is 19.5. The van der Waals surface area contributed by atoms with Gasteiger partial charge < -0.3 is 10.6 Å². The molecule has 0 spiro atoms. The maximum atomic E-state index is 12.7. The summed E-state index contributed by atoms with van der Waals surface area (Å²) in [6.07, 6.45) is 0. The highest BCUT2D eigenvalue weighted by Gasteiger charge is 2.16. The van der Waals surface area contributed by atoms with Crippen LogP contribution in [-0.4, -0.2) is 25.9 Å². The minimum Gasteiger partial charge on any atom is -0.350 e. The normalized spacial score (nSPS) is 12.0. The number of benzene rings is 2. The minimum atomic E-state index is -0.309. The van der Waals surface area contributed by atoms with Gasteiger partial charge in [-0.3, -0.25) is 18.7 Å². The molecule has 2 N–H and O–H groups in total. The molecule has 0 fully saturated rings. The van der Waals surface area contributed by atoms with Gasteiger partial charge in [-0.2, -0.15) is 0 Å². The Hall–Kier alpha value is -3.72. The van der Waals surface area contributed by atoms with Gasteiger partial charge in [0, 0.05) is 24.4 Å². The van der Waals surface area contributed by atoms with E-state index in [-0.39, 0.29) is 30.1 Å². The third kappa shape index (κ3) is 4.73. The summed E-state index contributed by atoms with van der Waals surface area (Å²) in [5.41, 5.74) is 3.98. The number of para-hydroxylation sites is 2. The first-order valence-corrected chi connectivity index (χ1v) is 11.6. The lowest BCUT2D eigenvalue weighted by atomic mass is 10.1. The Balaban J connectivity index is 1.47. The fourth-order valence-corrected chi connectivity index (χ4v) is 4.56. The molecule has 33 heavy (non-hydrogen) atoms. The highest BCUT2D eigenvalue weighted by atomic mass is 32.1. The van der Waals surface area contributed by atoms with Gasteiger partial charge >= 0.3 is 5.69 Å². The van der Waals surface area contributed by atoms with Crippen molar-refractivity contribution in [3.05, 3.63) is 70.0 Å². The first-order valence-electron chi connectivity index (χ1n) is 10.7. The van der Waals surface area contributed by atoms with Gasteiger partial charge in [0.1, 0.15) is 6.54 Å². The van der Waals surface area contributed by atoms with Crippen molar-refractivity contribution in [2.75, 3.05) is 5.32 Å². The second kappa shape index (κ2) is 9.41. The van der Waals surface area contributed by atoms with E-state index in [2.05, 4.69) is 15.6 Å². The van der Waals surface area contributed by atoms with Crippen LogP contribution in [0.25, 0.3) is 22.3 Å². The SMILES string of the molecule is CCn1c(=O)n(CC(=O)Nc2nc(-c3ccc(C(C)NC(C)=O)cc3)cs2)c2ccccc21. The van der Waals surface area contributed by atoms with Crippen LogP contribution >= 0.6 is 11.3 Å². The number of carbonyl (C=O) groups excluding carboxylic acids is 2. The second-order valence-corrected chi connectivity index (χ2v) is 8.59. The Morgan fingerprint density at radius 1 is 1.06 bits per heavy atom. The first kappa shape index (κ1) is 22.5. The fraction of sp³-hybridized carbons (Fsp3) is 0.250. The lowest BCUT2D eigenvalue weighted by Crippen LogP contribution is -2.29. The van der Waals surface area contributed by atoms with E-state index in [0.717, 1.165) is 27.9 Å². The number of hydrogen-bond acceptors (Lipinski definition) is 5. The molecule has 170 valence electrons. The predicted molar refractivity (Wildman–Crippen MR) is 130 cm³/mol. The number of fused-ring (bicyclic) bond motifs is 1. The smallest absolute Gasteiger partial charge is 0.329 e. The van der Waals surface area contributed by atoms with Gasteiger partial charge in [0.2, 0.25) is 11.8 Å². The molecule has 1 atom stereocenters. The van der Waals surface area contributed by atoms with Crippen molar-refractivity contribution in [1.29, 1.82) is 0 Å². The third-order valence-corrected chi connectivity index (χ3v) is 6.18. The zero-order valence-electron chi connectivity index (χ0n) is 18.7.